The molecule has 0 bridgehead atoms. The van der Waals surface area contributed by atoms with Crippen LogP contribution in [-0.4, -0.2) is 67.7 Å². The van der Waals surface area contributed by atoms with Crippen LogP contribution in [-0.2, 0) is 9.53 Å². The molecule has 7 heteroatoms. The number of morpholine rings is 1. The molecule has 3 aliphatic rings. The van der Waals surface area contributed by atoms with Crippen molar-refractivity contribution < 1.29 is 9.53 Å². The summed E-state index contributed by atoms with van der Waals surface area (Å²) < 4.78 is 5.46. The van der Waals surface area contributed by atoms with Gasteiger partial charge in [-0.25, -0.2) is 0 Å². The molecule has 1 atom stereocenters. The van der Waals surface area contributed by atoms with E-state index < -0.39 is 0 Å². The largest absolute Gasteiger partial charge is 0.379 e. The number of ether oxygens (including phenoxy) is 1. The first-order chi connectivity index (χ1) is 11.7. The number of nitrogens with zero attached hydrogens (tertiary/aromatic N) is 2. The van der Waals surface area contributed by atoms with Crippen molar-refractivity contribution in [3.05, 3.63) is 0 Å². The maximum absolute atomic E-state index is 13.1. The lowest BCUT2D eigenvalue weighted by molar-refractivity contribution is -0.138. The van der Waals surface area contributed by atoms with Crippen molar-refractivity contribution in [2.75, 3.05) is 45.9 Å². The van der Waals surface area contributed by atoms with Gasteiger partial charge in [0, 0.05) is 38.6 Å². The second-order valence-electron chi connectivity index (χ2n) is 8.09. The Hall–Kier alpha value is -0.0700. The third kappa shape index (κ3) is 6.23. The van der Waals surface area contributed by atoms with Gasteiger partial charge in [0.25, 0.3) is 0 Å². The van der Waals surface area contributed by atoms with Gasteiger partial charge in [0.2, 0.25) is 5.91 Å². The van der Waals surface area contributed by atoms with E-state index in [0.29, 0.717) is 24.9 Å². The third-order valence-electron chi connectivity index (χ3n) is 6.39. The number of carbonyl (C=O) groups excluding carboxylic acids is 1. The number of rotatable bonds is 5. The van der Waals surface area contributed by atoms with Gasteiger partial charge in [0.15, 0.2) is 0 Å². The summed E-state index contributed by atoms with van der Waals surface area (Å²) in [7, 11) is 0. The lowest BCUT2D eigenvalue weighted by Gasteiger charge is -2.42. The fourth-order valence-electron chi connectivity index (χ4n) is 4.78. The Morgan fingerprint density at radius 3 is 2.35 bits per heavy atom. The zero-order valence-corrected chi connectivity index (χ0v) is 17.6. The maximum atomic E-state index is 13.1. The molecule has 2 saturated heterocycles. The molecule has 2 aliphatic heterocycles. The van der Waals surface area contributed by atoms with Gasteiger partial charge in [-0.2, -0.15) is 0 Å². The van der Waals surface area contributed by atoms with Crippen LogP contribution < -0.4 is 5.73 Å². The summed E-state index contributed by atoms with van der Waals surface area (Å²) in [4.78, 5) is 17.8. The van der Waals surface area contributed by atoms with Crippen molar-refractivity contribution >= 4 is 30.7 Å². The number of likely N-dealkylation sites (tertiary alicyclic amines) is 1. The van der Waals surface area contributed by atoms with Gasteiger partial charge < -0.3 is 15.4 Å². The third-order valence-corrected chi connectivity index (χ3v) is 6.39. The molecule has 154 valence electrons. The van der Waals surface area contributed by atoms with E-state index in [0.717, 1.165) is 65.1 Å². The molecule has 2 heterocycles. The van der Waals surface area contributed by atoms with Crippen molar-refractivity contribution in [1.29, 1.82) is 0 Å². The Bertz CT molecular complexity index is 414. The molecule has 3 fully saturated rings. The molecule has 0 spiro atoms. The molecule has 26 heavy (non-hydrogen) atoms. The van der Waals surface area contributed by atoms with Crippen LogP contribution in [0.5, 0.6) is 0 Å². The first-order valence-corrected chi connectivity index (χ1v) is 10.0. The highest BCUT2D eigenvalue weighted by Crippen LogP contribution is 2.39. The highest BCUT2D eigenvalue weighted by molar-refractivity contribution is 5.85. The van der Waals surface area contributed by atoms with Crippen LogP contribution in [0.25, 0.3) is 0 Å². The predicted octanol–water partition coefficient (Wildman–Crippen LogP) is 2.84. The molecule has 1 saturated carbocycles. The van der Waals surface area contributed by atoms with E-state index in [2.05, 4.69) is 9.80 Å². The number of hydrogen-bond acceptors (Lipinski definition) is 4. The summed E-state index contributed by atoms with van der Waals surface area (Å²) >= 11 is 0. The average Bonchev–Trinajstić information content (AvgIpc) is 2.64. The van der Waals surface area contributed by atoms with Gasteiger partial charge in [-0.1, -0.05) is 19.3 Å². The minimum absolute atomic E-state index is 0. The van der Waals surface area contributed by atoms with Crippen molar-refractivity contribution in [3.63, 3.8) is 0 Å². The molecule has 1 amide bonds. The Morgan fingerprint density at radius 1 is 1.00 bits per heavy atom. The minimum atomic E-state index is 0. The summed E-state index contributed by atoms with van der Waals surface area (Å²) in [6.45, 7) is 6.30. The maximum Gasteiger partial charge on any atom is 0.223 e. The lowest BCUT2D eigenvalue weighted by atomic mass is 9.71. The first kappa shape index (κ1) is 24.0. The summed E-state index contributed by atoms with van der Waals surface area (Å²) in [5.74, 6) is 0.361. The van der Waals surface area contributed by atoms with Gasteiger partial charge in [0.1, 0.15) is 0 Å². The molecule has 5 nitrogen and oxygen atoms in total. The highest BCUT2D eigenvalue weighted by Gasteiger charge is 2.37. The van der Waals surface area contributed by atoms with Crippen molar-refractivity contribution in [2.24, 2.45) is 11.1 Å². The summed E-state index contributed by atoms with van der Waals surface area (Å²) in [6, 6.07) is 0.391. The Kier molecular flexibility index (Phi) is 10.8. The van der Waals surface area contributed by atoms with Crippen molar-refractivity contribution in [2.45, 2.75) is 63.8 Å². The number of nitrogens with two attached hydrogens (primary N) is 1. The number of hydrogen-bond donors (Lipinski definition) is 1. The molecule has 0 aromatic heterocycles. The van der Waals surface area contributed by atoms with Crippen molar-refractivity contribution in [1.82, 2.24) is 9.80 Å². The molecule has 0 aromatic carbocycles. The summed E-state index contributed by atoms with van der Waals surface area (Å²) in [5.41, 5.74) is 6.19. The number of piperidine rings is 1. The van der Waals surface area contributed by atoms with Crippen LogP contribution in [0.15, 0.2) is 0 Å². The topological polar surface area (TPSA) is 58.8 Å². The molecule has 0 radical (unpaired) electrons. The second-order valence-corrected chi connectivity index (χ2v) is 8.09. The van der Waals surface area contributed by atoms with E-state index in [-0.39, 0.29) is 30.2 Å². The SMILES string of the molecule is Cl.Cl.NCC1(CC(=O)N2CCCCC2CN2CCOCC2)CCCCC1. The van der Waals surface area contributed by atoms with E-state index in [1.807, 2.05) is 0 Å². The molecule has 1 aliphatic carbocycles. The number of amides is 1. The van der Waals surface area contributed by atoms with E-state index in [4.69, 9.17) is 10.5 Å². The van der Waals surface area contributed by atoms with Crippen LogP contribution in [0.4, 0.5) is 0 Å². The van der Waals surface area contributed by atoms with E-state index in [9.17, 15) is 4.79 Å². The number of carbonyl (C=O) groups is 1. The van der Waals surface area contributed by atoms with Crippen LogP contribution in [0.2, 0.25) is 0 Å². The summed E-state index contributed by atoms with van der Waals surface area (Å²) in [6.07, 6.45) is 10.3. The molecule has 1 unspecified atom stereocenters. The van der Waals surface area contributed by atoms with Crippen LogP contribution in [0.3, 0.4) is 0 Å². The fourth-order valence-corrected chi connectivity index (χ4v) is 4.78. The van der Waals surface area contributed by atoms with Gasteiger partial charge >= 0.3 is 0 Å². The fraction of sp³-hybridized carbons (Fsp3) is 0.947. The summed E-state index contributed by atoms with van der Waals surface area (Å²) in [5, 5.41) is 0. The first-order valence-electron chi connectivity index (χ1n) is 10.0. The monoisotopic (exact) mass is 409 g/mol. The minimum Gasteiger partial charge on any atom is -0.379 e. The van der Waals surface area contributed by atoms with Gasteiger partial charge in [0.05, 0.1) is 13.2 Å². The van der Waals surface area contributed by atoms with Crippen LogP contribution in [0.1, 0.15) is 57.8 Å². The zero-order chi connectivity index (χ0) is 16.8. The molecule has 2 N–H and O–H groups in total. The van der Waals surface area contributed by atoms with Gasteiger partial charge in [-0.05, 0) is 44.1 Å². The highest BCUT2D eigenvalue weighted by atomic mass is 35.5. The van der Waals surface area contributed by atoms with Gasteiger partial charge in [-0.3, -0.25) is 9.69 Å². The van der Waals surface area contributed by atoms with E-state index in [1.54, 1.807) is 0 Å². The molecule has 3 rings (SSSR count). The quantitative estimate of drug-likeness (QED) is 0.757. The standard InChI is InChI=1S/C19H35N3O2.2ClH/c20-16-19(7-3-1-4-8-19)14-18(23)22-9-5-2-6-17(22)15-21-10-12-24-13-11-21;;/h17H,1-16,20H2;2*1H. The average molecular weight is 410 g/mol. The molecular weight excluding hydrogens is 373 g/mol. The normalized spacial score (nSPS) is 26.5. The molecule has 0 aromatic rings. The Labute approximate surface area is 171 Å². The molecular formula is C19H37Cl2N3O2. The number of halogens is 2. The lowest BCUT2D eigenvalue weighted by Crippen LogP contribution is -2.52. The smallest absolute Gasteiger partial charge is 0.223 e. The second kappa shape index (κ2) is 11.7. The van der Waals surface area contributed by atoms with E-state index >= 15 is 0 Å². The Balaban J connectivity index is 0.00000169. The van der Waals surface area contributed by atoms with E-state index in [1.165, 1.54) is 25.7 Å². The Morgan fingerprint density at radius 2 is 1.69 bits per heavy atom. The van der Waals surface area contributed by atoms with Crippen LogP contribution in [0, 0.1) is 5.41 Å². The van der Waals surface area contributed by atoms with Crippen LogP contribution >= 0.6 is 24.8 Å². The van der Waals surface area contributed by atoms with Gasteiger partial charge in [-0.15, -0.1) is 24.8 Å². The van der Waals surface area contributed by atoms with Crippen molar-refractivity contribution in [3.8, 4) is 0 Å². The zero-order valence-electron chi connectivity index (χ0n) is 16.0. The predicted molar refractivity (Wildman–Crippen MR) is 110 cm³/mol.